The Kier molecular flexibility index (Phi) is 6.68. The number of anilines is 3. The van der Waals surface area contributed by atoms with Crippen LogP contribution >= 0.6 is 0 Å². The van der Waals surface area contributed by atoms with Gasteiger partial charge in [0.2, 0.25) is 0 Å². The quantitative estimate of drug-likeness (QED) is 0.181. The first-order valence-corrected chi connectivity index (χ1v) is 18.3. The lowest BCUT2D eigenvalue weighted by Crippen LogP contribution is -2.11. The fourth-order valence-electron chi connectivity index (χ4n) is 8.53. The first kappa shape index (κ1) is 29.8. The van der Waals surface area contributed by atoms with E-state index in [1.807, 2.05) is 0 Å². The Hall–Kier alpha value is -6.84. The van der Waals surface area contributed by atoms with Crippen LogP contribution in [0.3, 0.4) is 0 Å². The van der Waals surface area contributed by atoms with Crippen molar-refractivity contribution < 1.29 is 8.83 Å². The third kappa shape index (κ3) is 4.82. The van der Waals surface area contributed by atoms with Crippen LogP contribution in [-0.4, -0.2) is 0 Å². The van der Waals surface area contributed by atoms with Crippen LogP contribution < -0.4 is 4.90 Å². The van der Waals surface area contributed by atoms with Crippen LogP contribution in [0.1, 0.15) is 22.6 Å². The van der Waals surface area contributed by atoms with Gasteiger partial charge < -0.3 is 13.7 Å². The van der Waals surface area contributed by atoms with E-state index < -0.39 is 0 Å². The van der Waals surface area contributed by atoms with Crippen LogP contribution in [0.5, 0.6) is 0 Å². The van der Waals surface area contributed by atoms with E-state index in [9.17, 15) is 0 Å². The topological polar surface area (TPSA) is 29.5 Å². The zero-order valence-electron chi connectivity index (χ0n) is 28.9. The minimum Gasteiger partial charge on any atom is -0.456 e. The van der Waals surface area contributed by atoms with Crippen molar-refractivity contribution in [2.45, 2.75) is 12.3 Å². The van der Waals surface area contributed by atoms with E-state index in [2.05, 4.69) is 187 Å². The fourth-order valence-corrected chi connectivity index (χ4v) is 8.53. The molecule has 2 heterocycles. The molecule has 0 aliphatic heterocycles. The van der Waals surface area contributed by atoms with Crippen molar-refractivity contribution in [3.63, 3.8) is 0 Å². The normalized spacial score (nSPS) is 13.8. The van der Waals surface area contributed by atoms with Crippen molar-refractivity contribution in [3.05, 3.63) is 199 Å². The van der Waals surface area contributed by atoms with Gasteiger partial charge in [-0.1, -0.05) is 127 Å². The lowest BCUT2D eigenvalue weighted by atomic mass is 9.77. The molecule has 11 rings (SSSR count). The van der Waals surface area contributed by atoms with Gasteiger partial charge in [0.25, 0.3) is 0 Å². The third-order valence-corrected chi connectivity index (χ3v) is 11.0. The summed E-state index contributed by atoms with van der Waals surface area (Å²) < 4.78 is 13.2. The van der Waals surface area contributed by atoms with Crippen LogP contribution in [0.25, 0.3) is 66.1 Å². The molecule has 1 aliphatic carbocycles. The summed E-state index contributed by atoms with van der Waals surface area (Å²) in [5.41, 5.74) is 13.3. The molecule has 8 aromatic carbocycles. The zero-order chi connectivity index (χ0) is 34.9. The molecule has 0 N–H and O–H groups in total. The van der Waals surface area contributed by atoms with E-state index >= 15 is 0 Å². The maximum absolute atomic E-state index is 6.88. The zero-order valence-corrected chi connectivity index (χ0v) is 28.9. The van der Waals surface area contributed by atoms with Crippen molar-refractivity contribution >= 4 is 60.7 Å². The van der Waals surface area contributed by atoms with Gasteiger partial charge in [-0.05, 0) is 88.5 Å². The number of para-hydroxylation sites is 2. The average Bonchev–Trinajstić information content (AvgIpc) is 3.78. The van der Waals surface area contributed by atoms with Crippen molar-refractivity contribution in [1.82, 2.24) is 0 Å². The smallest absolute Gasteiger partial charge is 0.142 e. The number of furan rings is 2. The molecular weight excluding hydrogens is 647 g/mol. The lowest BCUT2D eigenvalue weighted by molar-refractivity contribution is 0.616. The summed E-state index contributed by atoms with van der Waals surface area (Å²) >= 11 is 0. The summed E-state index contributed by atoms with van der Waals surface area (Å²) in [4.78, 5) is 2.32. The summed E-state index contributed by atoms with van der Waals surface area (Å²) in [5, 5.41) is 5.80. The highest BCUT2D eigenvalue weighted by atomic mass is 16.3. The highest BCUT2D eigenvalue weighted by molar-refractivity contribution is 6.11. The molecule has 53 heavy (non-hydrogen) atoms. The van der Waals surface area contributed by atoms with Gasteiger partial charge >= 0.3 is 0 Å². The van der Waals surface area contributed by atoms with E-state index in [0.717, 1.165) is 67.9 Å². The summed E-state index contributed by atoms with van der Waals surface area (Å²) in [6, 6.07) is 65.0. The third-order valence-electron chi connectivity index (χ3n) is 11.0. The summed E-state index contributed by atoms with van der Waals surface area (Å²) in [5.74, 6) is 1.28. The van der Waals surface area contributed by atoms with Crippen molar-refractivity contribution in [2.24, 2.45) is 0 Å². The summed E-state index contributed by atoms with van der Waals surface area (Å²) in [6.07, 6.45) is 0.907. The molecule has 1 aliphatic rings. The van der Waals surface area contributed by atoms with Gasteiger partial charge in [0.15, 0.2) is 0 Å². The van der Waals surface area contributed by atoms with Crippen LogP contribution in [0.15, 0.2) is 191 Å². The van der Waals surface area contributed by atoms with Gasteiger partial charge in [-0.25, -0.2) is 0 Å². The predicted molar refractivity (Wildman–Crippen MR) is 219 cm³/mol. The largest absolute Gasteiger partial charge is 0.456 e. The SMILES string of the molecule is c1ccc(C2Cc3c(oc4c(-c5ccc(N(c6ccccc6)c6ccc7oc8cc9ccccc9cc8c7c6)cc5)cccc34)-c3ccccc32)cc1. The van der Waals surface area contributed by atoms with E-state index in [1.54, 1.807) is 0 Å². The number of fused-ring (bicyclic) bond motifs is 9. The monoisotopic (exact) mass is 679 g/mol. The van der Waals surface area contributed by atoms with Crippen LogP contribution in [-0.2, 0) is 6.42 Å². The second-order valence-electron chi connectivity index (χ2n) is 14.0. The van der Waals surface area contributed by atoms with E-state index in [-0.39, 0.29) is 5.92 Å². The molecule has 1 unspecified atom stereocenters. The molecule has 0 fully saturated rings. The van der Waals surface area contributed by atoms with Gasteiger partial charge in [0, 0.05) is 55.8 Å². The van der Waals surface area contributed by atoms with Gasteiger partial charge in [0.1, 0.15) is 22.5 Å². The van der Waals surface area contributed by atoms with Gasteiger partial charge in [-0.15, -0.1) is 0 Å². The first-order chi connectivity index (χ1) is 26.3. The molecule has 10 aromatic rings. The molecule has 0 saturated heterocycles. The van der Waals surface area contributed by atoms with Crippen molar-refractivity contribution in [3.8, 4) is 22.5 Å². The Bertz CT molecular complexity index is 2970. The van der Waals surface area contributed by atoms with Crippen molar-refractivity contribution in [2.75, 3.05) is 4.90 Å². The summed E-state index contributed by atoms with van der Waals surface area (Å²) in [7, 11) is 0. The fraction of sp³-hybridized carbons (Fsp3) is 0.0400. The number of rotatable bonds is 5. The average molecular weight is 680 g/mol. The molecule has 0 bridgehead atoms. The molecule has 250 valence electrons. The lowest BCUT2D eigenvalue weighted by Gasteiger charge is -2.25. The molecule has 0 amide bonds. The van der Waals surface area contributed by atoms with Crippen LogP contribution in [0.2, 0.25) is 0 Å². The van der Waals surface area contributed by atoms with Gasteiger partial charge in [-0.2, -0.15) is 0 Å². The van der Waals surface area contributed by atoms with Gasteiger partial charge in [0.05, 0.1) is 0 Å². The molecule has 0 saturated carbocycles. The van der Waals surface area contributed by atoms with Crippen LogP contribution in [0, 0.1) is 0 Å². The first-order valence-electron chi connectivity index (χ1n) is 18.3. The Morgan fingerprint density at radius 3 is 1.94 bits per heavy atom. The minimum atomic E-state index is 0.284. The standard InChI is InChI=1S/C50H33NO2/c1-3-12-32(13-4-1)43-31-46-42-21-11-20-39(49(42)53-50(46)41-19-10-9-18-40(41)43)33-22-24-37(25-23-33)51(36-16-5-2-6-17-36)38-26-27-47-45(30-38)44-28-34-14-7-8-15-35(34)29-48(44)52-47/h1-30,43H,31H2. The maximum Gasteiger partial charge on any atom is 0.142 e. The number of nitrogens with zero attached hydrogens (tertiary/aromatic N) is 1. The van der Waals surface area contributed by atoms with Gasteiger partial charge in [-0.3, -0.25) is 0 Å². The van der Waals surface area contributed by atoms with Crippen molar-refractivity contribution in [1.29, 1.82) is 0 Å². The molecule has 0 spiro atoms. The second kappa shape index (κ2) is 11.9. The second-order valence-corrected chi connectivity index (χ2v) is 14.0. The Morgan fingerprint density at radius 2 is 1.11 bits per heavy atom. The molecule has 1 atom stereocenters. The predicted octanol–water partition coefficient (Wildman–Crippen LogP) is 14.0. The molecule has 3 heteroatoms. The van der Waals surface area contributed by atoms with E-state index in [1.165, 1.54) is 38.4 Å². The number of benzene rings is 8. The molecular formula is C50H33NO2. The Labute approximate surface area is 307 Å². The maximum atomic E-state index is 6.88. The highest BCUT2D eigenvalue weighted by Gasteiger charge is 2.31. The van der Waals surface area contributed by atoms with E-state index in [0.29, 0.717) is 0 Å². The molecule has 3 nitrogen and oxygen atoms in total. The molecule has 0 radical (unpaired) electrons. The van der Waals surface area contributed by atoms with Crippen LogP contribution in [0.4, 0.5) is 17.1 Å². The highest BCUT2D eigenvalue weighted by Crippen LogP contribution is 2.48. The van der Waals surface area contributed by atoms with E-state index in [4.69, 9.17) is 8.83 Å². The Morgan fingerprint density at radius 1 is 0.453 bits per heavy atom. The molecule has 2 aromatic heterocycles. The minimum absolute atomic E-state index is 0.284. The number of hydrogen-bond acceptors (Lipinski definition) is 3. The number of hydrogen-bond donors (Lipinski definition) is 0. The summed E-state index contributed by atoms with van der Waals surface area (Å²) in [6.45, 7) is 0. The Balaban J connectivity index is 1.01.